The van der Waals surface area contributed by atoms with E-state index >= 15 is 0 Å². The lowest BCUT2D eigenvalue weighted by Gasteiger charge is -2.32. The van der Waals surface area contributed by atoms with E-state index in [1.807, 2.05) is 0 Å². The summed E-state index contributed by atoms with van der Waals surface area (Å²) in [6.45, 7) is 1.96. The molecule has 2 atom stereocenters. The number of carbonyl (C=O) groups is 2. The quantitative estimate of drug-likeness (QED) is 0.747. The van der Waals surface area contributed by atoms with Crippen LogP contribution >= 0.6 is 0 Å². The minimum absolute atomic E-state index is 0.0105. The highest BCUT2D eigenvalue weighted by molar-refractivity contribution is 5.99. The Morgan fingerprint density at radius 2 is 2.00 bits per heavy atom. The molecule has 1 saturated carbocycles. The average molecular weight is 254 g/mol. The summed E-state index contributed by atoms with van der Waals surface area (Å²) in [5.74, 6) is -0.560. The van der Waals surface area contributed by atoms with Gasteiger partial charge in [0.2, 0.25) is 11.8 Å². The fraction of sp³-hybridized carbons (Fsp3) is 0.846. The van der Waals surface area contributed by atoms with E-state index in [1.165, 1.54) is 18.2 Å². The van der Waals surface area contributed by atoms with E-state index in [0.717, 1.165) is 25.7 Å². The number of aliphatic hydroxyl groups is 1. The molecule has 1 heterocycles. The van der Waals surface area contributed by atoms with Gasteiger partial charge < -0.3 is 10.8 Å². The van der Waals surface area contributed by atoms with Gasteiger partial charge in [-0.2, -0.15) is 0 Å². The van der Waals surface area contributed by atoms with Crippen molar-refractivity contribution in [1.29, 1.82) is 0 Å². The number of nitrogens with two attached hydrogens (primary N) is 1. The fourth-order valence-electron chi connectivity index (χ4n) is 3.12. The molecular weight excluding hydrogens is 232 g/mol. The molecule has 102 valence electrons. The molecule has 0 aromatic heterocycles. The molecule has 0 bridgehead atoms. The first-order valence-corrected chi connectivity index (χ1v) is 6.73. The van der Waals surface area contributed by atoms with E-state index in [9.17, 15) is 14.7 Å². The number of carbonyl (C=O) groups excluding carboxylic acids is 2. The van der Waals surface area contributed by atoms with Gasteiger partial charge >= 0.3 is 0 Å². The van der Waals surface area contributed by atoms with Gasteiger partial charge in [-0.05, 0) is 25.2 Å². The maximum atomic E-state index is 12.0. The molecule has 1 spiro atoms. The maximum absolute atomic E-state index is 12.0. The summed E-state index contributed by atoms with van der Waals surface area (Å²) in [5, 5.41) is 9.36. The molecule has 18 heavy (non-hydrogen) atoms. The van der Waals surface area contributed by atoms with E-state index in [4.69, 9.17) is 5.73 Å². The van der Waals surface area contributed by atoms with Crippen molar-refractivity contribution in [2.24, 2.45) is 11.1 Å². The van der Waals surface area contributed by atoms with Crippen LogP contribution in [0.1, 0.15) is 45.4 Å². The Morgan fingerprint density at radius 1 is 1.39 bits per heavy atom. The molecule has 2 amide bonds. The number of imide groups is 1. The fourth-order valence-corrected chi connectivity index (χ4v) is 3.12. The summed E-state index contributed by atoms with van der Waals surface area (Å²) in [6.07, 6.45) is 5.07. The van der Waals surface area contributed by atoms with Crippen LogP contribution < -0.4 is 5.73 Å². The highest BCUT2D eigenvalue weighted by atomic mass is 16.3. The highest BCUT2D eigenvalue weighted by Gasteiger charge is 2.46. The second kappa shape index (κ2) is 4.97. The Bertz CT molecular complexity index is 348. The average Bonchev–Trinajstić information content (AvgIpc) is 2.65. The first-order chi connectivity index (χ1) is 8.45. The van der Waals surface area contributed by atoms with Gasteiger partial charge in [-0.25, -0.2) is 0 Å². The van der Waals surface area contributed by atoms with Crippen LogP contribution in [0.2, 0.25) is 0 Å². The smallest absolute Gasteiger partial charge is 0.248 e. The molecular formula is C13H22N2O3. The molecule has 3 N–H and O–H groups in total. The Labute approximate surface area is 107 Å². The first-order valence-electron chi connectivity index (χ1n) is 6.73. The van der Waals surface area contributed by atoms with Crippen molar-refractivity contribution in [2.75, 3.05) is 6.54 Å². The van der Waals surface area contributed by atoms with Crippen LogP contribution in [0.3, 0.4) is 0 Å². The molecule has 5 heteroatoms. The van der Waals surface area contributed by atoms with Gasteiger partial charge in [-0.1, -0.05) is 19.3 Å². The SMILES string of the molecule is CC(O)[C@H](N)C(=O)N1CC2(CCCCC2)CC1=O. The third-order valence-corrected chi connectivity index (χ3v) is 4.31. The first kappa shape index (κ1) is 13.5. The second-order valence-corrected chi connectivity index (χ2v) is 5.82. The third-order valence-electron chi connectivity index (χ3n) is 4.31. The molecule has 1 unspecified atom stereocenters. The van der Waals surface area contributed by atoms with Crippen molar-refractivity contribution in [1.82, 2.24) is 4.90 Å². The van der Waals surface area contributed by atoms with Crippen LogP contribution in [0.4, 0.5) is 0 Å². The zero-order valence-electron chi connectivity index (χ0n) is 10.9. The van der Waals surface area contributed by atoms with Gasteiger partial charge in [0.1, 0.15) is 6.04 Å². The molecule has 0 radical (unpaired) electrons. The standard InChI is InChI=1S/C13H22N2O3/c1-9(16)11(14)12(18)15-8-13(7-10(15)17)5-3-2-4-6-13/h9,11,16H,2-8,14H2,1H3/t9?,11-/m0/s1. The number of rotatable bonds is 2. The Balaban J connectivity index is 2.07. The number of nitrogens with zero attached hydrogens (tertiary/aromatic N) is 1. The largest absolute Gasteiger partial charge is 0.391 e. The zero-order valence-corrected chi connectivity index (χ0v) is 10.9. The Hall–Kier alpha value is -0.940. The second-order valence-electron chi connectivity index (χ2n) is 5.82. The van der Waals surface area contributed by atoms with Gasteiger partial charge in [0.05, 0.1) is 6.10 Å². The Morgan fingerprint density at radius 3 is 2.56 bits per heavy atom. The number of likely N-dealkylation sites (tertiary alicyclic amines) is 1. The van der Waals surface area contributed by atoms with Crippen LogP contribution in [0.25, 0.3) is 0 Å². The van der Waals surface area contributed by atoms with E-state index < -0.39 is 18.1 Å². The van der Waals surface area contributed by atoms with Crippen LogP contribution in [0.5, 0.6) is 0 Å². The summed E-state index contributed by atoms with van der Waals surface area (Å²) < 4.78 is 0. The number of amides is 2. The van der Waals surface area contributed by atoms with E-state index in [1.54, 1.807) is 0 Å². The van der Waals surface area contributed by atoms with Gasteiger partial charge in [0, 0.05) is 13.0 Å². The van der Waals surface area contributed by atoms with Crippen LogP contribution in [-0.2, 0) is 9.59 Å². The van der Waals surface area contributed by atoms with Crippen LogP contribution in [0.15, 0.2) is 0 Å². The van der Waals surface area contributed by atoms with Gasteiger partial charge in [0.15, 0.2) is 0 Å². The lowest BCUT2D eigenvalue weighted by molar-refractivity contribution is -0.144. The van der Waals surface area contributed by atoms with Crippen molar-refractivity contribution >= 4 is 11.8 Å². The predicted octanol–water partition coefficient (Wildman–Crippen LogP) is 0.404. The number of hydrogen-bond donors (Lipinski definition) is 2. The van der Waals surface area contributed by atoms with Gasteiger partial charge in [0.25, 0.3) is 0 Å². The van der Waals surface area contributed by atoms with Crippen molar-refractivity contribution < 1.29 is 14.7 Å². The third kappa shape index (κ3) is 2.42. The molecule has 1 aliphatic heterocycles. The lowest BCUT2D eigenvalue weighted by atomic mass is 9.73. The summed E-state index contributed by atoms with van der Waals surface area (Å²) in [4.78, 5) is 25.3. The molecule has 2 rings (SSSR count). The topological polar surface area (TPSA) is 83.6 Å². The summed E-state index contributed by atoms with van der Waals surface area (Å²) in [5.41, 5.74) is 5.62. The molecule has 1 saturated heterocycles. The van der Waals surface area contributed by atoms with Gasteiger partial charge in [-0.3, -0.25) is 14.5 Å². The molecule has 5 nitrogen and oxygen atoms in total. The van der Waals surface area contributed by atoms with Crippen molar-refractivity contribution in [3.63, 3.8) is 0 Å². The molecule has 2 fully saturated rings. The number of hydrogen-bond acceptors (Lipinski definition) is 4. The highest BCUT2D eigenvalue weighted by Crippen LogP contribution is 2.44. The van der Waals surface area contributed by atoms with E-state index in [-0.39, 0.29) is 11.3 Å². The van der Waals surface area contributed by atoms with Crippen molar-refractivity contribution in [3.05, 3.63) is 0 Å². The lowest BCUT2D eigenvalue weighted by Crippen LogP contribution is -2.50. The van der Waals surface area contributed by atoms with Crippen LogP contribution in [-0.4, -0.2) is 40.5 Å². The molecule has 1 aliphatic carbocycles. The van der Waals surface area contributed by atoms with Crippen molar-refractivity contribution in [3.8, 4) is 0 Å². The van der Waals surface area contributed by atoms with E-state index in [0.29, 0.717) is 13.0 Å². The van der Waals surface area contributed by atoms with Crippen LogP contribution in [0, 0.1) is 5.41 Å². The van der Waals surface area contributed by atoms with Gasteiger partial charge in [-0.15, -0.1) is 0 Å². The summed E-state index contributed by atoms with van der Waals surface area (Å²) in [7, 11) is 0. The summed E-state index contributed by atoms with van der Waals surface area (Å²) >= 11 is 0. The molecule has 0 aromatic carbocycles. The maximum Gasteiger partial charge on any atom is 0.248 e. The van der Waals surface area contributed by atoms with Crippen molar-refractivity contribution in [2.45, 2.75) is 57.6 Å². The minimum atomic E-state index is -0.993. The zero-order chi connectivity index (χ0) is 13.3. The van der Waals surface area contributed by atoms with E-state index in [2.05, 4.69) is 0 Å². The molecule has 2 aliphatic rings. The number of aliphatic hydroxyl groups excluding tert-OH is 1. The Kier molecular flexibility index (Phi) is 3.73. The normalized spacial score (nSPS) is 26.4. The molecule has 0 aromatic rings. The monoisotopic (exact) mass is 254 g/mol. The summed E-state index contributed by atoms with van der Waals surface area (Å²) in [6, 6.07) is -0.993. The minimum Gasteiger partial charge on any atom is -0.391 e. The predicted molar refractivity (Wildman–Crippen MR) is 66.5 cm³/mol.